The largest absolute Gasteiger partial charge is 0.494 e. The van der Waals surface area contributed by atoms with Gasteiger partial charge in [-0.1, -0.05) is 17.7 Å². The molecular formula is C17H14ClFO2. The van der Waals surface area contributed by atoms with Crippen LogP contribution in [0.5, 0.6) is 5.75 Å². The van der Waals surface area contributed by atoms with Gasteiger partial charge in [0.2, 0.25) is 0 Å². The topological polar surface area (TPSA) is 26.3 Å². The van der Waals surface area contributed by atoms with Crippen molar-refractivity contribution in [2.24, 2.45) is 0 Å². The van der Waals surface area contributed by atoms with Crippen LogP contribution in [0.2, 0.25) is 5.02 Å². The van der Waals surface area contributed by atoms with E-state index >= 15 is 0 Å². The minimum absolute atomic E-state index is 0.207. The smallest absolute Gasteiger partial charge is 0.185 e. The number of allylic oxidation sites excluding steroid dienone is 1. The van der Waals surface area contributed by atoms with E-state index in [1.54, 1.807) is 30.3 Å². The molecule has 21 heavy (non-hydrogen) atoms. The number of hydrogen-bond acceptors (Lipinski definition) is 2. The highest BCUT2D eigenvalue weighted by Gasteiger charge is 2.06. The van der Waals surface area contributed by atoms with Crippen LogP contribution in [0, 0.1) is 5.82 Å². The Balaban J connectivity index is 2.15. The van der Waals surface area contributed by atoms with E-state index < -0.39 is 5.82 Å². The van der Waals surface area contributed by atoms with Gasteiger partial charge in [0.1, 0.15) is 11.6 Å². The van der Waals surface area contributed by atoms with Crippen LogP contribution in [0.1, 0.15) is 22.8 Å². The van der Waals surface area contributed by atoms with Crippen LogP contribution in [0.15, 0.2) is 48.5 Å². The molecule has 0 unspecified atom stereocenters. The minimum atomic E-state index is -0.460. The Kier molecular flexibility index (Phi) is 5.12. The van der Waals surface area contributed by atoms with Crippen molar-refractivity contribution in [2.75, 3.05) is 6.61 Å². The highest BCUT2D eigenvalue weighted by molar-refractivity contribution is 6.32. The lowest BCUT2D eigenvalue weighted by Crippen LogP contribution is -1.96. The fourth-order valence-electron chi connectivity index (χ4n) is 1.81. The fraction of sp³-hybridized carbons (Fsp3) is 0.118. The predicted octanol–water partition coefficient (Wildman–Crippen LogP) is 4.77. The van der Waals surface area contributed by atoms with Crippen molar-refractivity contribution in [1.29, 1.82) is 0 Å². The van der Waals surface area contributed by atoms with Crippen LogP contribution in [0.3, 0.4) is 0 Å². The minimum Gasteiger partial charge on any atom is -0.494 e. The summed E-state index contributed by atoms with van der Waals surface area (Å²) < 4.78 is 18.9. The normalized spacial score (nSPS) is 10.8. The molecule has 0 aromatic heterocycles. The van der Waals surface area contributed by atoms with Crippen molar-refractivity contribution in [2.45, 2.75) is 6.92 Å². The van der Waals surface area contributed by atoms with Gasteiger partial charge in [-0.2, -0.15) is 0 Å². The number of rotatable bonds is 5. The molecule has 2 aromatic rings. The Labute approximate surface area is 127 Å². The van der Waals surface area contributed by atoms with E-state index in [0.717, 1.165) is 0 Å². The number of hydrogen-bond donors (Lipinski definition) is 0. The van der Waals surface area contributed by atoms with Gasteiger partial charge in [-0.3, -0.25) is 4.79 Å². The maximum absolute atomic E-state index is 13.6. The summed E-state index contributed by atoms with van der Waals surface area (Å²) in [5.74, 6) is 0.0192. The van der Waals surface area contributed by atoms with Crippen LogP contribution in [-0.2, 0) is 0 Å². The molecule has 4 heteroatoms. The number of halogens is 2. The maximum atomic E-state index is 13.6. The molecule has 0 N–H and O–H groups in total. The van der Waals surface area contributed by atoms with E-state index in [9.17, 15) is 9.18 Å². The van der Waals surface area contributed by atoms with Crippen LogP contribution >= 0.6 is 11.6 Å². The molecule has 108 valence electrons. The Hall–Kier alpha value is -2.13. The van der Waals surface area contributed by atoms with Crippen molar-refractivity contribution in [3.63, 3.8) is 0 Å². The predicted molar refractivity (Wildman–Crippen MR) is 82.4 cm³/mol. The van der Waals surface area contributed by atoms with E-state index in [0.29, 0.717) is 17.9 Å². The van der Waals surface area contributed by atoms with Gasteiger partial charge in [0, 0.05) is 11.1 Å². The zero-order chi connectivity index (χ0) is 15.2. The number of carbonyl (C=O) groups is 1. The molecule has 0 bridgehead atoms. The molecule has 0 radical (unpaired) electrons. The summed E-state index contributed by atoms with van der Waals surface area (Å²) in [6.45, 7) is 2.46. The molecule has 0 saturated carbocycles. The molecule has 0 fully saturated rings. The number of benzene rings is 2. The van der Waals surface area contributed by atoms with Crippen LogP contribution in [0.4, 0.5) is 4.39 Å². The van der Waals surface area contributed by atoms with Crippen molar-refractivity contribution in [3.05, 3.63) is 70.5 Å². The standard InChI is InChI=1S/C17H14ClFO2/c1-2-21-13-8-6-12(7-9-13)17(20)11-10-14-15(18)4-3-5-16(14)19/h3-11H,2H2,1H3/b11-10+. The Morgan fingerprint density at radius 3 is 2.57 bits per heavy atom. The van der Waals surface area contributed by atoms with Gasteiger partial charge in [0.15, 0.2) is 5.78 Å². The first-order valence-corrected chi connectivity index (χ1v) is 6.89. The van der Waals surface area contributed by atoms with Crippen molar-refractivity contribution >= 4 is 23.5 Å². The van der Waals surface area contributed by atoms with Gasteiger partial charge in [-0.15, -0.1) is 0 Å². The summed E-state index contributed by atoms with van der Waals surface area (Å²) in [6, 6.07) is 11.2. The van der Waals surface area contributed by atoms with Crippen LogP contribution in [-0.4, -0.2) is 12.4 Å². The highest BCUT2D eigenvalue weighted by atomic mass is 35.5. The van der Waals surface area contributed by atoms with Crippen molar-refractivity contribution < 1.29 is 13.9 Å². The average Bonchev–Trinajstić information content (AvgIpc) is 2.47. The molecule has 0 amide bonds. The maximum Gasteiger partial charge on any atom is 0.185 e. The second kappa shape index (κ2) is 7.04. The summed E-state index contributed by atoms with van der Waals surface area (Å²) in [7, 11) is 0. The average molecular weight is 305 g/mol. The molecule has 2 aromatic carbocycles. The molecule has 0 aliphatic heterocycles. The van der Waals surface area contributed by atoms with E-state index in [2.05, 4.69) is 0 Å². The summed E-state index contributed by atoms with van der Waals surface area (Å²) in [5.41, 5.74) is 0.709. The zero-order valence-corrected chi connectivity index (χ0v) is 12.2. The lowest BCUT2D eigenvalue weighted by Gasteiger charge is -2.03. The second-order valence-electron chi connectivity index (χ2n) is 4.29. The summed E-state index contributed by atoms with van der Waals surface area (Å²) in [5, 5.41) is 0.269. The third-order valence-corrected chi connectivity index (χ3v) is 3.18. The molecule has 2 nitrogen and oxygen atoms in total. The number of carbonyl (C=O) groups excluding carboxylic acids is 1. The third kappa shape index (κ3) is 3.92. The Morgan fingerprint density at radius 1 is 1.24 bits per heavy atom. The summed E-state index contributed by atoms with van der Waals surface area (Å²) in [4.78, 5) is 12.0. The Bertz CT molecular complexity index is 643. The van der Waals surface area contributed by atoms with Crippen molar-refractivity contribution in [1.82, 2.24) is 0 Å². The van der Waals surface area contributed by atoms with Crippen LogP contribution < -0.4 is 4.74 Å². The number of ether oxygens (including phenoxy) is 1. The monoisotopic (exact) mass is 304 g/mol. The quantitative estimate of drug-likeness (QED) is 0.587. The number of ketones is 1. The van der Waals surface area contributed by atoms with Gasteiger partial charge in [0.05, 0.1) is 11.6 Å². The van der Waals surface area contributed by atoms with Gasteiger partial charge in [-0.25, -0.2) is 4.39 Å². The first-order chi connectivity index (χ1) is 10.1. The first kappa shape index (κ1) is 15.3. The highest BCUT2D eigenvalue weighted by Crippen LogP contribution is 2.21. The fourth-order valence-corrected chi connectivity index (χ4v) is 2.03. The SMILES string of the molecule is CCOc1ccc(C(=O)/C=C/c2c(F)cccc2Cl)cc1. The molecule has 0 atom stereocenters. The molecule has 0 aliphatic carbocycles. The van der Waals surface area contributed by atoms with E-state index in [-0.39, 0.29) is 16.4 Å². The van der Waals surface area contributed by atoms with Gasteiger partial charge >= 0.3 is 0 Å². The Morgan fingerprint density at radius 2 is 1.95 bits per heavy atom. The second-order valence-corrected chi connectivity index (χ2v) is 4.70. The zero-order valence-electron chi connectivity index (χ0n) is 11.5. The summed E-state index contributed by atoms with van der Waals surface area (Å²) >= 11 is 5.90. The van der Waals surface area contributed by atoms with Crippen molar-refractivity contribution in [3.8, 4) is 5.75 Å². The molecule has 0 saturated heterocycles. The first-order valence-electron chi connectivity index (χ1n) is 6.51. The molecular weight excluding hydrogens is 291 g/mol. The van der Waals surface area contributed by atoms with E-state index in [1.165, 1.54) is 24.3 Å². The summed E-state index contributed by atoms with van der Waals surface area (Å²) in [6.07, 6.45) is 2.69. The molecule has 0 spiro atoms. The lowest BCUT2D eigenvalue weighted by molar-refractivity contribution is 0.104. The van der Waals surface area contributed by atoms with Gasteiger partial charge in [-0.05, 0) is 55.5 Å². The molecule has 2 rings (SSSR count). The van der Waals surface area contributed by atoms with Gasteiger partial charge < -0.3 is 4.74 Å². The van der Waals surface area contributed by atoms with Crippen LogP contribution in [0.25, 0.3) is 6.08 Å². The lowest BCUT2D eigenvalue weighted by atomic mass is 10.1. The van der Waals surface area contributed by atoms with E-state index in [1.807, 2.05) is 6.92 Å². The molecule has 0 aliphatic rings. The van der Waals surface area contributed by atoms with E-state index in [4.69, 9.17) is 16.3 Å². The van der Waals surface area contributed by atoms with Gasteiger partial charge in [0.25, 0.3) is 0 Å². The third-order valence-electron chi connectivity index (χ3n) is 2.85. The molecule has 0 heterocycles.